The molecule has 1 aliphatic heterocycles. The summed E-state index contributed by atoms with van der Waals surface area (Å²) in [7, 11) is 1.73. The summed E-state index contributed by atoms with van der Waals surface area (Å²) in [4.78, 5) is 8.01. The van der Waals surface area contributed by atoms with E-state index in [1.165, 1.54) is 6.20 Å². The van der Waals surface area contributed by atoms with Gasteiger partial charge < -0.3 is 14.5 Å². The largest absolute Gasteiger partial charge is 0.416 e. The van der Waals surface area contributed by atoms with Gasteiger partial charge in [-0.1, -0.05) is 12.1 Å². The number of ether oxygens (including phenoxy) is 1. The highest BCUT2D eigenvalue weighted by Gasteiger charge is 2.31. The molecular formula is C18H20F3N3O. The molecular weight excluding hydrogens is 331 g/mol. The first-order chi connectivity index (χ1) is 11.9. The zero-order valence-electron chi connectivity index (χ0n) is 14.0. The summed E-state index contributed by atoms with van der Waals surface area (Å²) in [5.74, 6) is 0.298. The Balaban J connectivity index is 1.67. The molecule has 7 heteroatoms. The SMILES string of the molecule is CN(Cc1ccc(N2CCOCC2)cc1)c1cc(C(F)(F)F)ccn1. The summed E-state index contributed by atoms with van der Waals surface area (Å²) in [5, 5.41) is 0. The smallest absolute Gasteiger partial charge is 0.378 e. The van der Waals surface area contributed by atoms with Crippen molar-refractivity contribution in [3.63, 3.8) is 0 Å². The molecule has 0 bridgehead atoms. The van der Waals surface area contributed by atoms with Crippen molar-refractivity contribution in [2.75, 3.05) is 43.2 Å². The van der Waals surface area contributed by atoms with Gasteiger partial charge in [0.2, 0.25) is 0 Å². The van der Waals surface area contributed by atoms with E-state index in [1.807, 2.05) is 24.3 Å². The number of pyridine rings is 1. The van der Waals surface area contributed by atoms with Gasteiger partial charge in [-0.15, -0.1) is 0 Å². The van der Waals surface area contributed by atoms with Gasteiger partial charge in [-0.3, -0.25) is 0 Å². The Bertz CT molecular complexity index is 697. The van der Waals surface area contributed by atoms with Gasteiger partial charge in [-0.25, -0.2) is 4.98 Å². The second kappa shape index (κ2) is 7.31. The van der Waals surface area contributed by atoms with Gasteiger partial charge in [-0.2, -0.15) is 13.2 Å². The fourth-order valence-electron chi connectivity index (χ4n) is 2.79. The number of morpholine rings is 1. The quantitative estimate of drug-likeness (QED) is 0.842. The maximum Gasteiger partial charge on any atom is 0.416 e. The van der Waals surface area contributed by atoms with Crippen LogP contribution in [0.5, 0.6) is 0 Å². The van der Waals surface area contributed by atoms with Crippen molar-refractivity contribution >= 4 is 11.5 Å². The Kier molecular flexibility index (Phi) is 5.13. The fourth-order valence-corrected chi connectivity index (χ4v) is 2.79. The third-order valence-corrected chi connectivity index (χ3v) is 4.20. The first-order valence-corrected chi connectivity index (χ1v) is 8.09. The van der Waals surface area contributed by atoms with Crippen molar-refractivity contribution in [1.29, 1.82) is 0 Å². The van der Waals surface area contributed by atoms with E-state index in [9.17, 15) is 13.2 Å². The highest BCUT2D eigenvalue weighted by Crippen LogP contribution is 2.30. The summed E-state index contributed by atoms with van der Waals surface area (Å²) in [6.07, 6.45) is -3.17. The molecule has 0 radical (unpaired) electrons. The number of hydrogen-bond donors (Lipinski definition) is 0. The maximum atomic E-state index is 12.8. The standard InChI is InChI=1S/C18H20F3N3O/c1-23(17-12-15(6-7-22-17)18(19,20)21)13-14-2-4-16(5-3-14)24-8-10-25-11-9-24/h2-7,12H,8-11,13H2,1H3. The van der Waals surface area contributed by atoms with Gasteiger partial charge in [0, 0.05) is 38.6 Å². The fraction of sp³-hybridized carbons (Fsp3) is 0.389. The molecule has 134 valence electrons. The molecule has 4 nitrogen and oxygen atoms in total. The van der Waals surface area contributed by atoms with Crippen LogP contribution in [0.15, 0.2) is 42.6 Å². The second-order valence-corrected chi connectivity index (χ2v) is 6.02. The summed E-state index contributed by atoms with van der Waals surface area (Å²) >= 11 is 0. The highest BCUT2D eigenvalue weighted by molar-refractivity contribution is 5.49. The topological polar surface area (TPSA) is 28.6 Å². The number of rotatable bonds is 4. The van der Waals surface area contributed by atoms with E-state index < -0.39 is 11.7 Å². The normalized spacial score (nSPS) is 15.3. The van der Waals surface area contributed by atoms with Crippen LogP contribution in [0.4, 0.5) is 24.7 Å². The molecule has 1 fully saturated rings. The molecule has 1 aromatic carbocycles. The maximum absolute atomic E-state index is 12.8. The predicted molar refractivity (Wildman–Crippen MR) is 90.8 cm³/mol. The van der Waals surface area contributed by atoms with E-state index in [4.69, 9.17) is 4.74 Å². The summed E-state index contributed by atoms with van der Waals surface area (Å²) in [6.45, 7) is 3.68. The molecule has 2 heterocycles. The molecule has 0 spiro atoms. The van der Waals surface area contributed by atoms with Gasteiger partial charge >= 0.3 is 6.18 Å². The van der Waals surface area contributed by atoms with Crippen molar-refractivity contribution in [2.24, 2.45) is 0 Å². The monoisotopic (exact) mass is 351 g/mol. The molecule has 2 aromatic rings. The Morgan fingerprint density at radius 1 is 1.12 bits per heavy atom. The lowest BCUT2D eigenvalue weighted by Crippen LogP contribution is -2.36. The van der Waals surface area contributed by atoms with Crippen LogP contribution < -0.4 is 9.80 Å². The van der Waals surface area contributed by atoms with Gasteiger partial charge in [0.05, 0.1) is 18.8 Å². The lowest BCUT2D eigenvalue weighted by Gasteiger charge is -2.29. The molecule has 0 aliphatic carbocycles. The number of nitrogens with zero attached hydrogens (tertiary/aromatic N) is 3. The Morgan fingerprint density at radius 2 is 1.80 bits per heavy atom. The summed E-state index contributed by atoms with van der Waals surface area (Å²) < 4.78 is 43.8. The van der Waals surface area contributed by atoms with Gasteiger partial charge in [0.25, 0.3) is 0 Å². The Labute approximate surface area is 144 Å². The summed E-state index contributed by atoms with van der Waals surface area (Å²) in [6, 6.07) is 10.1. The van der Waals surface area contributed by atoms with Crippen molar-refractivity contribution < 1.29 is 17.9 Å². The minimum atomic E-state index is -4.36. The van der Waals surface area contributed by atoms with Crippen LogP contribution in [-0.2, 0) is 17.5 Å². The van der Waals surface area contributed by atoms with Crippen LogP contribution in [0.1, 0.15) is 11.1 Å². The number of alkyl halides is 3. The molecule has 0 saturated carbocycles. The average molecular weight is 351 g/mol. The van der Waals surface area contributed by atoms with Crippen LogP contribution in [0.25, 0.3) is 0 Å². The molecule has 0 N–H and O–H groups in total. The molecule has 25 heavy (non-hydrogen) atoms. The van der Waals surface area contributed by atoms with E-state index in [0.29, 0.717) is 12.4 Å². The number of halogens is 3. The van der Waals surface area contributed by atoms with Crippen molar-refractivity contribution in [1.82, 2.24) is 4.98 Å². The van der Waals surface area contributed by atoms with E-state index in [2.05, 4.69) is 9.88 Å². The molecule has 0 atom stereocenters. The number of aromatic nitrogens is 1. The van der Waals surface area contributed by atoms with E-state index in [0.717, 1.165) is 49.7 Å². The van der Waals surface area contributed by atoms with Gasteiger partial charge in [0.1, 0.15) is 5.82 Å². The molecule has 1 aliphatic rings. The average Bonchev–Trinajstić information content (AvgIpc) is 2.62. The lowest BCUT2D eigenvalue weighted by atomic mass is 10.1. The molecule has 1 aromatic heterocycles. The number of hydrogen-bond acceptors (Lipinski definition) is 4. The molecule has 0 unspecified atom stereocenters. The van der Waals surface area contributed by atoms with Gasteiger partial charge in [0.15, 0.2) is 0 Å². The van der Waals surface area contributed by atoms with Crippen molar-refractivity contribution in [2.45, 2.75) is 12.7 Å². The Hall–Kier alpha value is -2.28. The minimum Gasteiger partial charge on any atom is -0.378 e. The third kappa shape index (κ3) is 4.42. The number of benzene rings is 1. The van der Waals surface area contributed by atoms with Crippen LogP contribution >= 0.6 is 0 Å². The lowest BCUT2D eigenvalue weighted by molar-refractivity contribution is -0.137. The molecule has 3 rings (SSSR count). The predicted octanol–water partition coefficient (Wildman–Crippen LogP) is 3.57. The highest BCUT2D eigenvalue weighted by atomic mass is 19.4. The van der Waals surface area contributed by atoms with Crippen LogP contribution in [0.2, 0.25) is 0 Å². The van der Waals surface area contributed by atoms with Crippen molar-refractivity contribution in [3.8, 4) is 0 Å². The Morgan fingerprint density at radius 3 is 2.44 bits per heavy atom. The van der Waals surface area contributed by atoms with E-state index in [-0.39, 0.29) is 0 Å². The molecule has 1 saturated heterocycles. The second-order valence-electron chi connectivity index (χ2n) is 6.02. The number of anilines is 2. The van der Waals surface area contributed by atoms with Crippen LogP contribution in [-0.4, -0.2) is 38.3 Å². The van der Waals surface area contributed by atoms with Gasteiger partial charge in [-0.05, 0) is 29.8 Å². The molecule has 0 amide bonds. The summed E-state index contributed by atoms with van der Waals surface area (Å²) in [5.41, 5.74) is 1.46. The van der Waals surface area contributed by atoms with Crippen LogP contribution in [0, 0.1) is 0 Å². The zero-order valence-corrected chi connectivity index (χ0v) is 14.0. The third-order valence-electron chi connectivity index (χ3n) is 4.20. The minimum absolute atomic E-state index is 0.298. The van der Waals surface area contributed by atoms with E-state index >= 15 is 0 Å². The van der Waals surface area contributed by atoms with Crippen LogP contribution in [0.3, 0.4) is 0 Å². The zero-order chi connectivity index (χ0) is 17.9. The van der Waals surface area contributed by atoms with Crippen molar-refractivity contribution in [3.05, 3.63) is 53.7 Å². The van der Waals surface area contributed by atoms with E-state index in [1.54, 1.807) is 11.9 Å². The first-order valence-electron chi connectivity index (χ1n) is 8.09. The first kappa shape index (κ1) is 17.5.